The topological polar surface area (TPSA) is 35.5 Å². The molecule has 17 heavy (non-hydrogen) atoms. The maximum absolute atomic E-state index is 9.45. The summed E-state index contributed by atoms with van der Waals surface area (Å²) in [6.45, 7) is 6.43. The minimum atomic E-state index is 0.364. The summed E-state index contributed by atoms with van der Waals surface area (Å²) in [5.41, 5.74) is 1.20. The molecule has 0 radical (unpaired) electrons. The summed E-state index contributed by atoms with van der Waals surface area (Å²) >= 11 is 0. The van der Waals surface area contributed by atoms with Gasteiger partial charge in [-0.15, -0.1) is 0 Å². The van der Waals surface area contributed by atoms with Gasteiger partial charge in [-0.2, -0.15) is 0 Å². The highest BCUT2D eigenvalue weighted by Crippen LogP contribution is 2.16. The number of nitrogens with one attached hydrogen (secondary N) is 1. The predicted molar refractivity (Wildman–Crippen MR) is 70.1 cm³/mol. The van der Waals surface area contributed by atoms with Crippen molar-refractivity contribution in [3.8, 4) is 5.75 Å². The van der Waals surface area contributed by atoms with Crippen molar-refractivity contribution in [1.82, 2.24) is 10.2 Å². The van der Waals surface area contributed by atoms with E-state index in [1.807, 2.05) is 12.1 Å². The molecule has 1 aliphatic rings. The maximum atomic E-state index is 9.45. The van der Waals surface area contributed by atoms with Gasteiger partial charge in [0.15, 0.2) is 0 Å². The molecule has 3 nitrogen and oxygen atoms in total. The van der Waals surface area contributed by atoms with Gasteiger partial charge >= 0.3 is 0 Å². The first-order chi connectivity index (χ1) is 8.28. The second kappa shape index (κ2) is 6.03. The van der Waals surface area contributed by atoms with Crippen molar-refractivity contribution >= 4 is 0 Å². The minimum Gasteiger partial charge on any atom is -0.508 e. The molecule has 94 valence electrons. The van der Waals surface area contributed by atoms with E-state index in [4.69, 9.17) is 0 Å². The van der Waals surface area contributed by atoms with E-state index in [0.717, 1.165) is 26.2 Å². The van der Waals surface area contributed by atoms with E-state index in [-0.39, 0.29) is 0 Å². The Hall–Kier alpha value is -1.06. The van der Waals surface area contributed by atoms with Crippen LogP contribution in [-0.4, -0.2) is 35.7 Å². The standard InChI is InChI=1S/C14H22N2O/c1-2-15-13-6-4-8-16(11-13)10-12-5-3-7-14(17)9-12/h3,5,7,9,13,15,17H,2,4,6,8,10-11H2,1H3. The van der Waals surface area contributed by atoms with Gasteiger partial charge in [-0.3, -0.25) is 4.90 Å². The van der Waals surface area contributed by atoms with E-state index in [9.17, 15) is 5.11 Å². The number of nitrogens with zero attached hydrogens (tertiary/aromatic N) is 1. The Morgan fingerprint density at radius 1 is 1.47 bits per heavy atom. The van der Waals surface area contributed by atoms with Crippen LogP contribution in [0.2, 0.25) is 0 Å². The fourth-order valence-electron chi connectivity index (χ4n) is 2.57. The van der Waals surface area contributed by atoms with Gasteiger partial charge in [-0.25, -0.2) is 0 Å². The third-order valence-electron chi connectivity index (χ3n) is 3.32. The number of likely N-dealkylation sites (N-methyl/N-ethyl adjacent to an activating group) is 1. The number of rotatable bonds is 4. The van der Waals surface area contributed by atoms with Crippen LogP contribution in [0.25, 0.3) is 0 Å². The zero-order valence-corrected chi connectivity index (χ0v) is 10.5. The highest BCUT2D eigenvalue weighted by atomic mass is 16.3. The quantitative estimate of drug-likeness (QED) is 0.836. The Morgan fingerprint density at radius 2 is 2.35 bits per heavy atom. The van der Waals surface area contributed by atoms with Crippen LogP contribution in [0, 0.1) is 0 Å². The van der Waals surface area contributed by atoms with Crippen molar-refractivity contribution < 1.29 is 5.11 Å². The number of likely N-dealkylation sites (tertiary alicyclic amines) is 1. The fourth-order valence-corrected chi connectivity index (χ4v) is 2.57. The number of piperidine rings is 1. The smallest absolute Gasteiger partial charge is 0.115 e. The number of phenols is 1. The molecule has 0 bridgehead atoms. The molecule has 0 spiro atoms. The molecule has 0 aromatic heterocycles. The molecule has 1 atom stereocenters. The number of benzene rings is 1. The van der Waals surface area contributed by atoms with E-state index in [1.165, 1.54) is 18.4 Å². The normalized spacial score (nSPS) is 21.6. The first-order valence-electron chi connectivity index (χ1n) is 6.51. The lowest BCUT2D eigenvalue weighted by Crippen LogP contribution is -2.45. The Morgan fingerprint density at radius 3 is 3.12 bits per heavy atom. The van der Waals surface area contributed by atoms with Crippen LogP contribution in [0.4, 0.5) is 0 Å². The Kier molecular flexibility index (Phi) is 4.40. The number of phenolic OH excluding ortho intramolecular Hbond substituents is 1. The molecule has 0 amide bonds. The maximum Gasteiger partial charge on any atom is 0.115 e. The first kappa shape index (κ1) is 12.4. The zero-order valence-electron chi connectivity index (χ0n) is 10.5. The van der Waals surface area contributed by atoms with E-state index in [2.05, 4.69) is 23.2 Å². The molecule has 1 heterocycles. The van der Waals surface area contributed by atoms with Crippen LogP contribution in [0.3, 0.4) is 0 Å². The van der Waals surface area contributed by atoms with Gasteiger partial charge in [0.05, 0.1) is 0 Å². The van der Waals surface area contributed by atoms with Gasteiger partial charge in [0, 0.05) is 19.1 Å². The summed E-state index contributed by atoms with van der Waals surface area (Å²) in [6.07, 6.45) is 2.54. The van der Waals surface area contributed by atoms with Crippen LogP contribution in [-0.2, 0) is 6.54 Å². The highest BCUT2D eigenvalue weighted by molar-refractivity contribution is 5.27. The monoisotopic (exact) mass is 234 g/mol. The summed E-state index contributed by atoms with van der Waals surface area (Å²) in [7, 11) is 0. The zero-order chi connectivity index (χ0) is 12.1. The fraction of sp³-hybridized carbons (Fsp3) is 0.571. The van der Waals surface area contributed by atoms with E-state index in [1.54, 1.807) is 6.07 Å². The van der Waals surface area contributed by atoms with E-state index < -0.39 is 0 Å². The van der Waals surface area contributed by atoms with Crippen molar-refractivity contribution in [3.63, 3.8) is 0 Å². The lowest BCUT2D eigenvalue weighted by atomic mass is 10.0. The second-order valence-electron chi connectivity index (χ2n) is 4.80. The molecule has 0 aliphatic carbocycles. The molecule has 2 N–H and O–H groups in total. The van der Waals surface area contributed by atoms with Crippen LogP contribution in [0.15, 0.2) is 24.3 Å². The Balaban J connectivity index is 1.90. The minimum absolute atomic E-state index is 0.364. The number of aromatic hydroxyl groups is 1. The summed E-state index contributed by atoms with van der Waals surface area (Å²) in [5.74, 6) is 0.364. The van der Waals surface area contributed by atoms with Crippen LogP contribution < -0.4 is 5.32 Å². The van der Waals surface area contributed by atoms with Crippen molar-refractivity contribution in [3.05, 3.63) is 29.8 Å². The summed E-state index contributed by atoms with van der Waals surface area (Å²) < 4.78 is 0. The molecule has 0 saturated carbocycles. The number of hydrogen-bond acceptors (Lipinski definition) is 3. The highest BCUT2D eigenvalue weighted by Gasteiger charge is 2.18. The van der Waals surface area contributed by atoms with E-state index >= 15 is 0 Å². The van der Waals surface area contributed by atoms with Gasteiger partial charge in [0.2, 0.25) is 0 Å². The van der Waals surface area contributed by atoms with Gasteiger partial charge in [0.25, 0.3) is 0 Å². The van der Waals surface area contributed by atoms with Gasteiger partial charge < -0.3 is 10.4 Å². The van der Waals surface area contributed by atoms with Crippen molar-refractivity contribution in [2.45, 2.75) is 32.4 Å². The first-order valence-corrected chi connectivity index (χ1v) is 6.51. The summed E-state index contributed by atoms with van der Waals surface area (Å²) in [5, 5.41) is 13.0. The molecule has 1 fully saturated rings. The van der Waals surface area contributed by atoms with Crippen molar-refractivity contribution in [1.29, 1.82) is 0 Å². The SMILES string of the molecule is CCNC1CCCN(Cc2cccc(O)c2)C1. The Bertz CT molecular complexity index is 352. The van der Waals surface area contributed by atoms with Gasteiger partial charge in [0.1, 0.15) is 5.75 Å². The van der Waals surface area contributed by atoms with Gasteiger partial charge in [-0.1, -0.05) is 19.1 Å². The molecule has 1 aromatic carbocycles. The van der Waals surface area contributed by atoms with E-state index in [0.29, 0.717) is 11.8 Å². The van der Waals surface area contributed by atoms with Crippen LogP contribution >= 0.6 is 0 Å². The molecule has 1 aromatic rings. The molecule has 2 rings (SSSR count). The Labute approximate surface area is 103 Å². The molecule has 3 heteroatoms. The van der Waals surface area contributed by atoms with Crippen LogP contribution in [0.1, 0.15) is 25.3 Å². The average Bonchev–Trinajstić information content (AvgIpc) is 2.30. The number of hydrogen-bond donors (Lipinski definition) is 2. The summed E-state index contributed by atoms with van der Waals surface area (Å²) in [4.78, 5) is 2.46. The van der Waals surface area contributed by atoms with Crippen LogP contribution in [0.5, 0.6) is 5.75 Å². The third kappa shape index (κ3) is 3.72. The van der Waals surface area contributed by atoms with Gasteiger partial charge in [-0.05, 0) is 43.6 Å². The van der Waals surface area contributed by atoms with Crippen molar-refractivity contribution in [2.75, 3.05) is 19.6 Å². The predicted octanol–water partition coefficient (Wildman–Crippen LogP) is 1.97. The van der Waals surface area contributed by atoms with Crippen molar-refractivity contribution in [2.24, 2.45) is 0 Å². The summed E-state index contributed by atoms with van der Waals surface area (Å²) in [6, 6.07) is 8.20. The lowest BCUT2D eigenvalue weighted by molar-refractivity contribution is 0.184. The average molecular weight is 234 g/mol. The molecular formula is C14H22N2O. The molecular weight excluding hydrogens is 212 g/mol. The molecule has 1 saturated heterocycles. The molecule has 1 unspecified atom stereocenters. The lowest BCUT2D eigenvalue weighted by Gasteiger charge is -2.33. The largest absolute Gasteiger partial charge is 0.508 e. The third-order valence-corrected chi connectivity index (χ3v) is 3.32. The second-order valence-corrected chi connectivity index (χ2v) is 4.80. The molecule has 1 aliphatic heterocycles.